The SMILES string of the molecule is CCC(C)CC(C)Nc1cc(Br)ccc1C(=O)O. The van der Waals surface area contributed by atoms with Crippen LogP contribution in [-0.2, 0) is 0 Å². The van der Waals surface area contributed by atoms with E-state index in [4.69, 9.17) is 5.11 Å². The van der Waals surface area contributed by atoms with Crippen molar-refractivity contribution in [3.8, 4) is 0 Å². The lowest BCUT2D eigenvalue weighted by Crippen LogP contribution is -2.20. The number of rotatable bonds is 6. The molecule has 2 unspecified atom stereocenters. The first kappa shape index (κ1) is 15.0. The van der Waals surface area contributed by atoms with Gasteiger partial charge < -0.3 is 10.4 Å². The van der Waals surface area contributed by atoms with Gasteiger partial charge in [0.25, 0.3) is 0 Å². The van der Waals surface area contributed by atoms with Crippen molar-refractivity contribution in [3.63, 3.8) is 0 Å². The molecule has 0 saturated carbocycles. The molecule has 0 aliphatic carbocycles. The van der Waals surface area contributed by atoms with Crippen LogP contribution in [0, 0.1) is 5.92 Å². The summed E-state index contributed by atoms with van der Waals surface area (Å²) in [5.41, 5.74) is 0.988. The Labute approximate surface area is 117 Å². The number of carbonyl (C=O) groups is 1. The fourth-order valence-corrected chi connectivity index (χ4v) is 2.28. The van der Waals surface area contributed by atoms with Crippen LogP contribution >= 0.6 is 15.9 Å². The number of halogens is 1. The van der Waals surface area contributed by atoms with E-state index in [1.165, 1.54) is 0 Å². The fourth-order valence-electron chi connectivity index (χ4n) is 1.92. The van der Waals surface area contributed by atoms with E-state index in [0.717, 1.165) is 17.3 Å². The molecule has 1 aromatic rings. The van der Waals surface area contributed by atoms with Crippen LogP contribution in [0.2, 0.25) is 0 Å². The number of hydrogen-bond donors (Lipinski definition) is 2. The molecule has 100 valence electrons. The summed E-state index contributed by atoms with van der Waals surface area (Å²) in [4.78, 5) is 11.1. The highest BCUT2D eigenvalue weighted by Gasteiger charge is 2.13. The first-order chi connectivity index (χ1) is 8.43. The smallest absolute Gasteiger partial charge is 0.337 e. The number of hydrogen-bond acceptors (Lipinski definition) is 2. The molecule has 0 aliphatic rings. The van der Waals surface area contributed by atoms with Crippen LogP contribution in [0.15, 0.2) is 22.7 Å². The van der Waals surface area contributed by atoms with Gasteiger partial charge in [0.05, 0.1) is 11.3 Å². The zero-order chi connectivity index (χ0) is 13.7. The van der Waals surface area contributed by atoms with Crippen molar-refractivity contribution in [3.05, 3.63) is 28.2 Å². The predicted molar refractivity (Wildman–Crippen MR) is 78.3 cm³/mol. The average molecular weight is 314 g/mol. The minimum Gasteiger partial charge on any atom is -0.478 e. The molecule has 1 rings (SSSR count). The van der Waals surface area contributed by atoms with E-state index in [1.807, 2.05) is 6.07 Å². The molecule has 0 bridgehead atoms. The molecule has 0 aliphatic heterocycles. The van der Waals surface area contributed by atoms with Gasteiger partial charge in [-0.05, 0) is 37.5 Å². The molecule has 0 fully saturated rings. The normalized spacial score (nSPS) is 14.0. The molecular formula is C14H20BrNO2. The highest BCUT2D eigenvalue weighted by Crippen LogP contribution is 2.23. The van der Waals surface area contributed by atoms with Crippen LogP contribution in [0.25, 0.3) is 0 Å². The first-order valence-electron chi connectivity index (χ1n) is 6.23. The van der Waals surface area contributed by atoms with E-state index >= 15 is 0 Å². The highest BCUT2D eigenvalue weighted by molar-refractivity contribution is 9.10. The van der Waals surface area contributed by atoms with Gasteiger partial charge in [-0.15, -0.1) is 0 Å². The predicted octanol–water partition coefficient (Wildman–Crippen LogP) is 4.38. The van der Waals surface area contributed by atoms with Crippen molar-refractivity contribution in [2.75, 3.05) is 5.32 Å². The Balaban J connectivity index is 2.82. The third-order valence-electron chi connectivity index (χ3n) is 3.07. The summed E-state index contributed by atoms with van der Waals surface area (Å²) in [6.45, 7) is 6.45. The number of benzene rings is 1. The second-order valence-electron chi connectivity index (χ2n) is 4.79. The van der Waals surface area contributed by atoms with E-state index in [2.05, 4.69) is 42.0 Å². The lowest BCUT2D eigenvalue weighted by molar-refractivity contribution is 0.0698. The third-order valence-corrected chi connectivity index (χ3v) is 3.56. The Kier molecular flexibility index (Phi) is 5.66. The Hall–Kier alpha value is -1.03. The Bertz CT molecular complexity index is 420. The number of aromatic carboxylic acids is 1. The molecule has 3 nitrogen and oxygen atoms in total. The quantitative estimate of drug-likeness (QED) is 0.819. The van der Waals surface area contributed by atoms with Crippen LogP contribution in [0.3, 0.4) is 0 Å². The summed E-state index contributed by atoms with van der Waals surface area (Å²) < 4.78 is 0.880. The number of carboxylic acids is 1. The van der Waals surface area contributed by atoms with Crippen molar-refractivity contribution >= 4 is 27.6 Å². The molecule has 4 heteroatoms. The number of carboxylic acid groups (broad SMARTS) is 1. The number of nitrogens with one attached hydrogen (secondary N) is 1. The zero-order valence-electron chi connectivity index (χ0n) is 11.0. The summed E-state index contributed by atoms with van der Waals surface area (Å²) in [7, 11) is 0. The van der Waals surface area contributed by atoms with Gasteiger partial charge in [-0.25, -0.2) is 4.79 Å². The van der Waals surface area contributed by atoms with Crippen molar-refractivity contribution in [1.29, 1.82) is 0 Å². The maximum Gasteiger partial charge on any atom is 0.337 e. The second kappa shape index (κ2) is 6.78. The van der Waals surface area contributed by atoms with E-state index in [1.54, 1.807) is 12.1 Å². The van der Waals surface area contributed by atoms with Crippen LogP contribution in [0.1, 0.15) is 44.0 Å². The van der Waals surface area contributed by atoms with E-state index in [0.29, 0.717) is 17.2 Å². The van der Waals surface area contributed by atoms with E-state index < -0.39 is 5.97 Å². The highest BCUT2D eigenvalue weighted by atomic mass is 79.9. The third kappa shape index (κ3) is 4.33. The second-order valence-corrected chi connectivity index (χ2v) is 5.71. The number of anilines is 1. The van der Waals surface area contributed by atoms with Crippen molar-refractivity contribution in [2.45, 2.75) is 39.7 Å². The Morgan fingerprint density at radius 1 is 1.44 bits per heavy atom. The lowest BCUT2D eigenvalue weighted by Gasteiger charge is -2.20. The van der Waals surface area contributed by atoms with E-state index in [9.17, 15) is 4.79 Å². The minimum absolute atomic E-state index is 0.257. The average Bonchev–Trinajstić information content (AvgIpc) is 2.28. The van der Waals surface area contributed by atoms with Gasteiger partial charge in [-0.1, -0.05) is 36.2 Å². The van der Waals surface area contributed by atoms with Gasteiger partial charge in [0.2, 0.25) is 0 Å². The monoisotopic (exact) mass is 313 g/mol. The zero-order valence-corrected chi connectivity index (χ0v) is 12.6. The van der Waals surface area contributed by atoms with Gasteiger partial charge in [0, 0.05) is 10.5 Å². The molecular weight excluding hydrogens is 294 g/mol. The lowest BCUT2D eigenvalue weighted by atomic mass is 10.00. The Morgan fingerprint density at radius 3 is 2.67 bits per heavy atom. The molecule has 0 spiro atoms. The van der Waals surface area contributed by atoms with Crippen molar-refractivity contribution < 1.29 is 9.90 Å². The van der Waals surface area contributed by atoms with E-state index in [-0.39, 0.29) is 6.04 Å². The molecule has 0 amide bonds. The maximum absolute atomic E-state index is 11.1. The summed E-state index contributed by atoms with van der Waals surface area (Å²) in [6, 6.07) is 5.43. The van der Waals surface area contributed by atoms with Crippen LogP contribution in [0.4, 0.5) is 5.69 Å². The molecule has 0 heterocycles. The first-order valence-corrected chi connectivity index (χ1v) is 7.02. The Morgan fingerprint density at radius 2 is 2.11 bits per heavy atom. The van der Waals surface area contributed by atoms with Crippen molar-refractivity contribution in [2.24, 2.45) is 5.92 Å². The van der Waals surface area contributed by atoms with Gasteiger partial charge in [-0.3, -0.25) is 0 Å². The van der Waals surface area contributed by atoms with Crippen LogP contribution in [-0.4, -0.2) is 17.1 Å². The molecule has 0 radical (unpaired) electrons. The fraction of sp³-hybridized carbons (Fsp3) is 0.500. The van der Waals surface area contributed by atoms with Crippen molar-refractivity contribution in [1.82, 2.24) is 0 Å². The van der Waals surface area contributed by atoms with Gasteiger partial charge in [-0.2, -0.15) is 0 Å². The largest absolute Gasteiger partial charge is 0.478 e. The summed E-state index contributed by atoms with van der Waals surface area (Å²) in [6.07, 6.45) is 2.17. The standard InChI is InChI=1S/C14H20BrNO2/c1-4-9(2)7-10(3)16-13-8-11(15)5-6-12(13)14(17)18/h5-6,8-10,16H,4,7H2,1-3H3,(H,17,18). The summed E-state index contributed by atoms with van der Waals surface area (Å²) in [5.74, 6) is -0.270. The van der Waals surface area contributed by atoms with Gasteiger partial charge in [0.15, 0.2) is 0 Å². The molecule has 2 N–H and O–H groups in total. The van der Waals surface area contributed by atoms with Crippen LogP contribution < -0.4 is 5.32 Å². The molecule has 18 heavy (non-hydrogen) atoms. The van der Waals surface area contributed by atoms with Crippen LogP contribution in [0.5, 0.6) is 0 Å². The minimum atomic E-state index is -0.902. The van der Waals surface area contributed by atoms with Gasteiger partial charge >= 0.3 is 5.97 Å². The molecule has 0 saturated heterocycles. The van der Waals surface area contributed by atoms with Gasteiger partial charge in [0.1, 0.15) is 0 Å². The summed E-state index contributed by atoms with van der Waals surface area (Å²) >= 11 is 3.37. The maximum atomic E-state index is 11.1. The summed E-state index contributed by atoms with van der Waals surface area (Å²) in [5, 5.41) is 12.4. The topological polar surface area (TPSA) is 49.3 Å². The molecule has 1 aromatic carbocycles. The molecule has 2 atom stereocenters. The molecule has 0 aromatic heterocycles.